The summed E-state index contributed by atoms with van der Waals surface area (Å²) in [6, 6.07) is 13.7. The van der Waals surface area contributed by atoms with Gasteiger partial charge in [0.15, 0.2) is 5.82 Å². The Bertz CT molecular complexity index is 1190. The molecule has 3 aromatic rings. The zero-order valence-electron chi connectivity index (χ0n) is 16.2. The normalized spacial score (nSPS) is 12.2. The predicted octanol–water partition coefficient (Wildman–Crippen LogP) is 2.48. The van der Waals surface area contributed by atoms with Crippen LogP contribution >= 0.6 is 0 Å². The second-order valence-corrected chi connectivity index (χ2v) is 8.09. The maximum atomic E-state index is 12.8. The highest BCUT2D eigenvalue weighted by Gasteiger charge is 2.27. The van der Waals surface area contributed by atoms with Crippen molar-refractivity contribution < 1.29 is 27.3 Å². The quantitative estimate of drug-likeness (QED) is 0.573. The second-order valence-electron chi connectivity index (χ2n) is 6.53. The molecule has 0 aliphatic heterocycles. The summed E-state index contributed by atoms with van der Waals surface area (Å²) in [5.74, 6) is -0.864. The van der Waals surface area contributed by atoms with Gasteiger partial charge in [0, 0.05) is 11.6 Å². The molecule has 0 bridgehead atoms. The van der Waals surface area contributed by atoms with Gasteiger partial charge >= 0.3 is 5.97 Å². The van der Waals surface area contributed by atoms with Crippen molar-refractivity contribution in [3.63, 3.8) is 0 Å². The molecule has 3 N–H and O–H groups in total. The zero-order chi connectivity index (χ0) is 21.9. The Hall–Kier alpha value is -3.50. The van der Waals surface area contributed by atoms with E-state index >= 15 is 0 Å². The summed E-state index contributed by atoms with van der Waals surface area (Å²) in [5, 5.41) is 11.4. The lowest BCUT2D eigenvalue weighted by atomic mass is 10.1. The number of amides is 1. The largest absolute Gasteiger partial charge is 0.444 e. The molecule has 0 fully saturated rings. The van der Waals surface area contributed by atoms with Gasteiger partial charge in [0.2, 0.25) is 16.1 Å². The van der Waals surface area contributed by atoms with Crippen LogP contribution in [0.15, 0.2) is 64.0 Å². The Kier molecular flexibility index (Phi) is 5.99. The molecular weight excluding hydrogens is 410 g/mol. The fraction of sp³-hybridized carbons (Fsp3) is 0.150. The summed E-state index contributed by atoms with van der Waals surface area (Å²) >= 11 is 0. The van der Waals surface area contributed by atoms with Gasteiger partial charge in [0.1, 0.15) is 5.76 Å². The molecule has 0 radical (unpaired) electrons. The van der Waals surface area contributed by atoms with Crippen LogP contribution in [0.4, 0.5) is 5.82 Å². The number of benzene rings is 2. The van der Waals surface area contributed by atoms with E-state index in [0.717, 1.165) is 6.07 Å². The van der Waals surface area contributed by atoms with E-state index in [1.54, 1.807) is 44.2 Å². The van der Waals surface area contributed by atoms with Crippen LogP contribution in [-0.4, -0.2) is 25.5 Å². The third kappa shape index (κ3) is 4.91. The number of nitrogens with two attached hydrogens (primary N) is 1. The summed E-state index contributed by atoms with van der Waals surface area (Å²) in [7, 11) is -4.02. The van der Waals surface area contributed by atoms with Crippen LogP contribution in [0.1, 0.15) is 33.3 Å². The molecule has 1 heterocycles. The van der Waals surface area contributed by atoms with Crippen molar-refractivity contribution in [2.75, 3.05) is 5.32 Å². The number of esters is 1. The number of ether oxygens (including phenoxy) is 1. The number of hydrogen-bond acceptors (Lipinski definition) is 7. The summed E-state index contributed by atoms with van der Waals surface area (Å²) in [6.07, 6.45) is -1.31. The lowest BCUT2D eigenvalue weighted by Crippen LogP contribution is -2.26. The topological polar surface area (TPSA) is 142 Å². The zero-order valence-corrected chi connectivity index (χ0v) is 17.0. The Balaban J connectivity index is 1.92. The Morgan fingerprint density at radius 1 is 1.10 bits per heavy atom. The average Bonchev–Trinajstić information content (AvgIpc) is 3.10. The van der Waals surface area contributed by atoms with E-state index in [1.807, 2.05) is 0 Å². The van der Waals surface area contributed by atoms with Crippen molar-refractivity contribution >= 4 is 27.7 Å². The van der Waals surface area contributed by atoms with Crippen molar-refractivity contribution in [1.82, 2.24) is 5.16 Å². The summed E-state index contributed by atoms with van der Waals surface area (Å²) in [6.45, 7) is 3.28. The molecular formula is C20H19N3O6S. The molecule has 1 aromatic heterocycles. The van der Waals surface area contributed by atoms with Crippen molar-refractivity contribution in [2.24, 2.45) is 5.14 Å². The minimum Gasteiger partial charge on any atom is -0.444 e. The molecule has 0 saturated carbocycles. The van der Waals surface area contributed by atoms with Gasteiger partial charge in [-0.2, -0.15) is 0 Å². The van der Waals surface area contributed by atoms with Crippen LogP contribution in [0, 0.1) is 13.8 Å². The maximum Gasteiger partial charge on any atom is 0.339 e. The van der Waals surface area contributed by atoms with Gasteiger partial charge in [-0.15, -0.1) is 0 Å². The summed E-state index contributed by atoms with van der Waals surface area (Å²) in [4.78, 5) is 25.4. The Labute approximate surface area is 172 Å². The predicted molar refractivity (Wildman–Crippen MR) is 107 cm³/mol. The lowest BCUT2D eigenvalue weighted by Gasteiger charge is -2.18. The molecule has 0 aliphatic rings. The Morgan fingerprint density at radius 2 is 1.80 bits per heavy atom. The van der Waals surface area contributed by atoms with Gasteiger partial charge in [0.05, 0.1) is 10.5 Å². The van der Waals surface area contributed by atoms with E-state index < -0.39 is 28.0 Å². The first-order valence-electron chi connectivity index (χ1n) is 8.78. The third-order valence-electron chi connectivity index (χ3n) is 4.20. The minimum absolute atomic E-state index is 0.0208. The summed E-state index contributed by atoms with van der Waals surface area (Å²) < 4.78 is 33.6. The first-order valence-corrected chi connectivity index (χ1v) is 10.3. The molecule has 0 spiro atoms. The molecule has 0 aliphatic carbocycles. The number of hydrogen-bond donors (Lipinski definition) is 2. The van der Waals surface area contributed by atoms with Crippen molar-refractivity contribution in [3.05, 3.63) is 77.0 Å². The standard InChI is InChI=1S/C20H19N3O6S/c1-12-8-9-15(30(21,26)27)11-16(12)20(25)28-18(14-6-4-3-5-7-14)19(24)22-17-10-13(2)29-23-17/h3-11,18H,1-2H3,(H2,21,26,27)(H,22,23,24). The van der Waals surface area contributed by atoms with Crippen molar-refractivity contribution in [3.8, 4) is 0 Å². The van der Waals surface area contributed by atoms with Gasteiger partial charge in [-0.3, -0.25) is 4.79 Å². The van der Waals surface area contributed by atoms with Gasteiger partial charge in [-0.25, -0.2) is 18.4 Å². The van der Waals surface area contributed by atoms with E-state index in [2.05, 4.69) is 10.5 Å². The molecule has 2 aromatic carbocycles. The molecule has 1 amide bonds. The van der Waals surface area contributed by atoms with Gasteiger partial charge in [-0.05, 0) is 31.5 Å². The highest BCUT2D eigenvalue weighted by Crippen LogP contribution is 2.23. The molecule has 3 rings (SSSR count). The number of anilines is 1. The number of aromatic nitrogens is 1. The van der Waals surface area contributed by atoms with Gasteiger partial charge < -0.3 is 14.6 Å². The summed E-state index contributed by atoms with van der Waals surface area (Å²) in [5.41, 5.74) is 0.864. The van der Waals surface area contributed by atoms with Crippen molar-refractivity contribution in [1.29, 1.82) is 0 Å². The monoisotopic (exact) mass is 429 g/mol. The van der Waals surface area contributed by atoms with Gasteiger partial charge in [-0.1, -0.05) is 41.6 Å². The highest BCUT2D eigenvalue weighted by molar-refractivity contribution is 7.89. The van der Waals surface area contributed by atoms with E-state index in [-0.39, 0.29) is 16.3 Å². The lowest BCUT2D eigenvalue weighted by molar-refractivity contribution is -0.125. The van der Waals surface area contributed by atoms with Gasteiger partial charge in [0.25, 0.3) is 5.91 Å². The van der Waals surface area contributed by atoms with Crippen LogP contribution in [0.25, 0.3) is 0 Å². The Morgan fingerprint density at radius 3 is 2.40 bits per heavy atom. The number of rotatable bonds is 6. The molecule has 0 saturated heterocycles. The molecule has 30 heavy (non-hydrogen) atoms. The fourth-order valence-electron chi connectivity index (χ4n) is 2.69. The van der Waals surface area contributed by atoms with Crippen molar-refractivity contribution in [2.45, 2.75) is 24.8 Å². The number of primary sulfonamides is 1. The molecule has 10 heteroatoms. The minimum atomic E-state index is -4.02. The number of nitrogens with zero attached hydrogens (tertiary/aromatic N) is 1. The van der Waals surface area contributed by atoms with Crippen LogP contribution in [-0.2, 0) is 19.6 Å². The first-order chi connectivity index (χ1) is 14.1. The van der Waals surface area contributed by atoms with E-state index in [1.165, 1.54) is 18.2 Å². The van der Waals surface area contributed by atoms with Crippen LogP contribution in [0.3, 0.4) is 0 Å². The number of aryl methyl sites for hydroxylation is 2. The van der Waals surface area contributed by atoms with E-state index in [0.29, 0.717) is 16.9 Å². The van der Waals surface area contributed by atoms with E-state index in [4.69, 9.17) is 14.4 Å². The van der Waals surface area contributed by atoms with Crippen LogP contribution in [0.2, 0.25) is 0 Å². The molecule has 1 atom stereocenters. The second kappa shape index (κ2) is 8.47. The SMILES string of the molecule is Cc1cc(NC(=O)C(OC(=O)c2cc(S(N)(=O)=O)ccc2C)c2ccccc2)no1. The van der Waals surface area contributed by atoms with Crippen LogP contribution in [0.5, 0.6) is 0 Å². The van der Waals surface area contributed by atoms with E-state index in [9.17, 15) is 18.0 Å². The number of nitrogens with one attached hydrogen (secondary N) is 1. The number of carbonyl (C=O) groups is 2. The fourth-order valence-corrected chi connectivity index (χ4v) is 3.23. The first kappa shape index (κ1) is 21.2. The number of sulfonamides is 1. The molecule has 156 valence electrons. The third-order valence-corrected chi connectivity index (χ3v) is 5.11. The average molecular weight is 429 g/mol. The molecule has 9 nitrogen and oxygen atoms in total. The molecule has 1 unspecified atom stereocenters. The highest BCUT2D eigenvalue weighted by atomic mass is 32.2. The smallest absolute Gasteiger partial charge is 0.339 e. The van der Waals surface area contributed by atoms with Crippen LogP contribution < -0.4 is 10.5 Å². The maximum absolute atomic E-state index is 12.8. The number of carbonyl (C=O) groups excluding carboxylic acids is 2.